The molecule has 0 aromatic heterocycles. The number of piperazine rings is 1. The molecule has 0 saturated carbocycles. The summed E-state index contributed by atoms with van der Waals surface area (Å²) in [5.41, 5.74) is 0.956. The monoisotopic (exact) mass is 282 g/mol. The zero-order valence-electron chi connectivity index (χ0n) is 12.5. The second-order valence-corrected chi connectivity index (χ2v) is 6.70. The van der Waals surface area contributed by atoms with Crippen LogP contribution in [0.5, 0.6) is 0 Å². The lowest BCUT2D eigenvalue weighted by molar-refractivity contribution is 0.135. The van der Waals surface area contributed by atoms with E-state index in [9.17, 15) is 8.78 Å². The Labute approximate surface area is 120 Å². The molecule has 0 amide bonds. The Morgan fingerprint density at radius 1 is 1.20 bits per heavy atom. The minimum atomic E-state index is -0.493. The van der Waals surface area contributed by atoms with E-state index >= 15 is 0 Å². The fraction of sp³-hybridized carbons (Fsp3) is 0.625. The van der Waals surface area contributed by atoms with E-state index in [2.05, 4.69) is 31.0 Å². The minimum absolute atomic E-state index is 0.226. The van der Waals surface area contributed by atoms with Crippen molar-refractivity contribution in [2.24, 2.45) is 5.41 Å². The first kappa shape index (κ1) is 15.4. The molecule has 1 saturated heterocycles. The summed E-state index contributed by atoms with van der Waals surface area (Å²) in [5, 5.41) is 3.54. The van der Waals surface area contributed by atoms with Crippen LogP contribution in [-0.4, -0.2) is 37.1 Å². The van der Waals surface area contributed by atoms with Gasteiger partial charge in [-0.1, -0.05) is 20.8 Å². The zero-order valence-corrected chi connectivity index (χ0v) is 12.5. The molecule has 1 N–H and O–H groups in total. The van der Waals surface area contributed by atoms with Gasteiger partial charge in [0.25, 0.3) is 0 Å². The van der Waals surface area contributed by atoms with Crippen molar-refractivity contribution in [2.45, 2.75) is 33.2 Å². The van der Waals surface area contributed by atoms with Crippen LogP contribution >= 0.6 is 0 Å². The summed E-state index contributed by atoms with van der Waals surface area (Å²) in [7, 11) is 0. The fourth-order valence-corrected chi connectivity index (χ4v) is 2.64. The van der Waals surface area contributed by atoms with E-state index in [4.69, 9.17) is 0 Å². The predicted octanol–water partition coefficient (Wildman–Crippen LogP) is 2.83. The van der Waals surface area contributed by atoms with Crippen molar-refractivity contribution in [3.63, 3.8) is 0 Å². The lowest BCUT2D eigenvalue weighted by Crippen LogP contribution is -2.56. The maximum atomic E-state index is 13.1. The average molecular weight is 282 g/mol. The third-order valence-corrected chi connectivity index (χ3v) is 3.94. The third kappa shape index (κ3) is 4.25. The Morgan fingerprint density at radius 3 is 2.45 bits per heavy atom. The van der Waals surface area contributed by atoms with Gasteiger partial charge >= 0.3 is 0 Å². The molecule has 1 atom stereocenters. The van der Waals surface area contributed by atoms with Gasteiger partial charge in [-0.05, 0) is 29.5 Å². The molecule has 4 heteroatoms. The molecular weight excluding hydrogens is 258 g/mol. The van der Waals surface area contributed by atoms with Gasteiger partial charge in [-0.3, -0.25) is 0 Å². The standard InChI is InChI=1S/C16H24F2N2/c1-16(2,3)15-11-20(7-5-19-15)6-4-12-8-13(17)10-14(18)9-12/h8-10,15,19H,4-7,11H2,1-3H3. The lowest BCUT2D eigenvalue weighted by atomic mass is 9.85. The average Bonchev–Trinajstić information content (AvgIpc) is 2.35. The SMILES string of the molecule is CC(C)(C)C1CN(CCc2cc(F)cc(F)c2)CCN1. The highest BCUT2D eigenvalue weighted by Gasteiger charge is 2.28. The topological polar surface area (TPSA) is 15.3 Å². The van der Waals surface area contributed by atoms with E-state index in [-0.39, 0.29) is 5.41 Å². The van der Waals surface area contributed by atoms with Crippen molar-refractivity contribution < 1.29 is 8.78 Å². The summed E-state index contributed by atoms with van der Waals surface area (Å²) in [6, 6.07) is 4.23. The second-order valence-electron chi connectivity index (χ2n) is 6.70. The minimum Gasteiger partial charge on any atom is -0.311 e. The first-order valence-corrected chi connectivity index (χ1v) is 7.25. The van der Waals surface area contributed by atoms with Gasteiger partial charge in [-0.2, -0.15) is 0 Å². The van der Waals surface area contributed by atoms with Crippen LogP contribution in [0, 0.1) is 17.0 Å². The van der Waals surface area contributed by atoms with Crippen molar-refractivity contribution in [1.82, 2.24) is 10.2 Å². The van der Waals surface area contributed by atoms with Crippen LogP contribution in [0.4, 0.5) is 8.78 Å². The molecule has 0 bridgehead atoms. The van der Waals surface area contributed by atoms with E-state index in [1.807, 2.05) is 0 Å². The Hall–Kier alpha value is -1.00. The highest BCUT2D eigenvalue weighted by atomic mass is 19.1. The first-order chi connectivity index (χ1) is 9.34. The number of rotatable bonds is 3. The van der Waals surface area contributed by atoms with Crippen LogP contribution in [0.2, 0.25) is 0 Å². The quantitative estimate of drug-likeness (QED) is 0.917. The molecule has 112 valence electrons. The number of halogens is 2. The highest BCUT2D eigenvalue weighted by Crippen LogP contribution is 2.22. The molecule has 1 aliphatic rings. The van der Waals surface area contributed by atoms with Crippen LogP contribution in [0.15, 0.2) is 18.2 Å². The maximum absolute atomic E-state index is 13.1. The summed E-state index contributed by atoms with van der Waals surface area (Å²) in [6.07, 6.45) is 0.686. The molecule has 0 radical (unpaired) electrons. The number of nitrogens with one attached hydrogen (secondary N) is 1. The Morgan fingerprint density at radius 2 is 1.85 bits per heavy atom. The smallest absolute Gasteiger partial charge is 0.126 e. The molecule has 1 unspecified atom stereocenters. The van der Waals surface area contributed by atoms with Gasteiger partial charge in [0, 0.05) is 38.3 Å². The van der Waals surface area contributed by atoms with Crippen LogP contribution in [0.1, 0.15) is 26.3 Å². The van der Waals surface area contributed by atoms with Crippen LogP contribution < -0.4 is 5.32 Å². The van der Waals surface area contributed by atoms with Crippen LogP contribution in [-0.2, 0) is 6.42 Å². The van der Waals surface area contributed by atoms with Gasteiger partial charge < -0.3 is 10.2 Å². The van der Waals surface area contributed by atoms with Gasteiger partial charge in [0.2, 0.25) is 0 Å². The van der Waals surface area contributed by atoms with E-state index < -0.39 is 11.6 Å². The molecule has 1 heterocycles. The summed E-state index contributed by atoms with van der Waals surface area (Å²) < 4.78 is 26.3. The van der Waals surface area contributed by atoms with Gasteiger partial charge in [0.05, 0.1) is 0 Å². The molecule has 2 rings (SSSR count). The van der Waals surface area contributed by atoms with Gasteiger partial charge in [-0.25, -0.2) is 8.78 Å². The number of hydrogen-bond acceptors (Lipinski definition) is 2. The van der Waals surface area contributed by atoms with Crippen LogP contribution in [0.3, 0.4) is 0 Å². The number of hydrogen-bond donors (Lipinski definition) is 1. The maximum Gasteiger partial charge on any atom is 0.126 e. The van der Waals surface area contributed by atoms with Crippen molar-refractivity contribution in [3.8, 4) is 0 Å². The largest absolute Gasteiger partial charge is 0.311 e. The van der Waals surface area contributed by atoms with Gasteiger partial charge in [0.15, 0.2) is 0 Å². The van der Waals surface area contributed by atoms with E-state index in [1.165, 1.54) is 12.1 Å². The molecule has 0 spiro atoms. The number of benzene rings is 1. The highest BCUT2D eigenvalue weighted by molar-refractivity contribution is 5.18. The van der Waals surface area contributed by atoms with E-state index in [0.29, 0.717) is 12.5 Å². The molecule has 1 aromatic rings. The van der Waals surface area contributed by atoms with Crippen molar-refractivity contribution in [2.75, 3.05) is 26.2 Å². The van der Waals surface area contributed by atoms with Gasteiger partial charge in [0.1, 0.15) is 11.6 Å². The Kier molecular flexibility index (Phi) is 4.76. The van der Waals surface area contributed by atoms with Crippen molar-refractivity contribution >= 4 is 0 Å². The Balaban J connectivity index is 1.90. The van der Waals surface area contributed by atoms with Crippen molar-refractivity contribution in [1.29, 1.82) is 0 Å². The normalized spacial score (nSPS) is 21.1. The lowest BCUT2D eigenvalue weighted by Gasteiger charge is -2.40. The van der Waals surface area contributed by atoms with E-state index in [1.54, 1.807) is 0 Å². The predicted molar refractivity (Wildman–Crippen MR) is 77.7 cm³/mol. The van der Waals surface area contributed by atoms with E-state index in [0.717, 1.165) is 37.8 Å². The first-order valence-electron chi connectivity index (χ1n) is 7.25. The molecule has 1 fully saturated rings. The second kappa shape index (κ2) is 6.19. The molecule has 0 aliphatic carbocycles. The Bertz CT molecular complexity index is 434. The molecule has 20 heavy (non-hydrogen) atoms. The van der Waals surface area contributed by atoms with Crippen molar-refractivity contribution in [3.05, 3.63) is 35.4 Å². The zero-order chi connectivity index (χ0) is 14.8. The molecule has 1 aliphatic heterocycles. The van der Waals surface area contributed by atoms with Gasteiger partial charge in [-0.15, -0.1) is 0 Å². The molecule has 2 nitrogen and oxygen atoms in total. The summed E-state index contributed by atoms with van der Waals surface area (Å²) in [6.45, 7) is 10.5. The molecular formula is C16H24F2N2. The fourth-order valence-electron chi connectivity index (χ4n) is 2.64. The summed E-state index contributed by atoms with van der Waals surface area (Å²) >= 11 is 0. The summed E-state index contributed by atoms with van der Waals surface area (Å²) in [4.78, 5) is 2.37. The molecule has 1 aromatic carbocycles. The number of nitrogens with zero attached hydrogens (tertiary/aromatic N) is 1. The third-order valence-electron chi connectivity index (χ3n) is 3.94. The summed E-state index contributed by atoms with van der Waals surface area (Å²) in [5.74, 6) is -0.985. The van der Waals surface area contributed by atoms with Crippen LogP contribution in [0.25, 0.3) is 0 Å².